The van der Waals surface area contributed by atoms with E-state index in [2.05, 4.69) is 43.2 Å². The quantitative estimate of drug-likeness (QED) is 0.711. The third-order valence-corrected chi connectivity index (χ3v) is 3.55. The van der Waals surface area contributed by atoms with E-state index in [1.165, 1.54) is 24.8 Å². The largest absolute Gasteiger partial charge is 0.496 e. The Labute approximate surface area is 124 Å². The van der Waals surface area contributed by atoms with Crippen LogP contribution in [0, 0.1) is 0 Å². The first kappa shape index (κ1) is 17.0. The van der Waals surface area contributed by atoms with E-state index in [9.17, 15) is 0 Å². The lowest BCUT2D eigenvalue weighted by atomic mass is 10.1. The summed E-state index contributed by atoms with van der Waals surface area (Å²) < 4.78 is 5.40. The van der Waals surface area contributed by atoms with Crippen LogP contribution in [0.15, 0.2) is 24.3 Å². The highest BCUT2D eigenvalue weighted by molar-refractivity contribution is 5.32. The molecule has 114 valence electrons. The maximum atomic E-state index is 5.40. The SMILES string of the molecule is CCCNC(C)CCCN(C)Cc1ccccc1OC. The molecule has 3 heteroatoms. The van der Waals surface area contributed by atoms with Crippen LogP contribution in [0.5, 0.6) is 5.75 Å². The Morgan fingerprint density at radius 3 is 2.75 bits per heavy atom. The van der Waals surface area contributed by atoms with Crippen molar-refractivity contribution in [1.82, 2.24) is 10.2 Å². The zero-order chi connectivity index (χ0) is 14.8. The summed E-state index contributed by atoms with van der Waals surface area (Å²) in [5, 5.41) is 3.54. The number of hydrogen-bond acceptors (Lipinski definition) is 3. The number of ether oxygens (including phenoxy) is 1. The molecule has 0 fully saturated rings. The van der Waals surface area contributed by atoms with E-state index in [0.29, 0.717) is 6.04 Å². The van der Waals surface area contributed by atoms with E-state index >= 15 is 0 Å². The molecule has 0 aliphatic heterocycles. The number of para-hydroxylation sites is 1. The molecular weight excluding hydrogens is 248 g/mol. The molecule has 0 radical (unpaired) electrons. The number of nitrogens with zero attached hydrogens (tertiary/aromatic N) is 1. The lowest BCUT2D eigenvalue weighted by molar-refractivity contribution is 0.303. The van der Waals surface area contributed by atoms with E-state index < -0.39 is 0 Å². The van der Waals surface area contributed by atoms with Crippen molar-refractivity contribution in [3.63, 3.8) is 0 Å². The summed E-state index contributed by atoms with van der Waals surface area (Å²) in [6.07, 6.45) is 3.66. The highest BCUT2D eigenvalue weighted by Gasteiger charge is 2.06. The third-order valence-electron chi connectivity index (χ3n) is 3.55. The second-order valence-electron chi connectivity index (χ2n) is 5.55. The summed E-state index contributed by atoms with van der Waals surface area (Å²) in [6, 6.07) is 8.88. The first-order valence-electron chi connectivity index (χ1n) is 7.71. The number of benzene rings is 1. The number of methoxy groups -OCH3 is 1. The fourth-order valence-electron chi connectivity index (χ4n) is 2.36. The fourth-order valence-corrected chi connectivity index (χ4v) is 2.36. The topological polar surface area (TPSA) is 24.5 Å². The minimum Gasteiger partial charge on any atom is -0.496 e. The molecule has 0 saturated carbocycles. The first-order valence-corrected chi connectivity index (χ1v) is 7.71. The zero-order valence-electron chi connectivity index (χ0n) is 13.5. The number of hydrogen-bond donors (Lipinski definition) is 1. The van der Waals surface area contributed by atoms with Gasteiger partial charge in [-0.05, 0) is 52.4 Å². The summed E-state index contributed by atoms with van der Waals surface area (Å²) in [7, 11) is 3.91. The Bertz CT molecular complexity index is 368. The van der Waals surface area contributed by atoms with Crippen LogP contribution < -0.4 is 10.1 Å². The lowest BCUT2D eigenvalue weighted by Gasteiger charge is -2.20. The standard InChI is InChI=1S/C17H30N2O/c1-5-12-18-15(2)9-8-13-19(3)14-16-10-6-7-11-17(16)20-4/h6-7,10-11,15,18H,5,8-9,12-14H2,1-4H3. The van der Waals surface area contributed by atoms with Gasteiger partial charge in [-0.15, -0.1) is 0 Å². The first-order chi connectivity index (χ1) is 9.67. The normalized spacial score (nSPS) is 12.7. The van der Waals surface area contributed by atoms with Gasteiger partial charge < -0.3 is 15.0 Å². The molecule has 1 unspecified atom stereocenters. The van der Waals surface area contributed by atoms with E-state index in [-0.39, 0.29) is 0 Å². The van der Waals surface area contributed by atoms with Crippen LogP contribution in [0.4, 0.5) is 0 Å². The predicted octanol–water partition coefficient (Wildman–Crippen LogP) is 3.30. The maximum Gasteiger partial charge on any atom is 0.123 e. The highest BCUT2D eigenvalue weighted by atomic mass is 16.5. The van der Waals surface area contributed by atoms with Crippen molar-refractivity contribution >= 4 is 0 Å². The molecule has 1 aromatic carbocycles. The summed E-state index contributed by atoms with van der Waals surface area (Å²) >= 11 is 0. The van der Waals surface area contributed by atoms with E-state index in [4.69, 9.17) is 4.74 Å². The second kappa shape index (κ2) is 9.78. The summed E-state index contributed by atoms with van der Waals surface area (Å²) in [5.74, 6) is 0.984. The Kier molecular flexibility index (Phi) is 8.31. The van der Waals surface area contributed by atoms with Gasteiger partial charge in [0.25, 0.3) is 0 Å². The van der Waals surface area contributed by atoms with E-state index in [1.807, 2.05) is 12.1 Å². The maximum absolute atomic E-state index is 5.40. The molecule has 0 amide bonds. The number of nitrogens with one attached hydrogen (secondary N) is 1. The zero-order valence-corrected chi connectivity index (χ0v) is 13.5. The Hall–Kier alpha value is -1.06. The van der Waals surface area contributed by atoms with Crippen molar-refractivity contribution in [2.24, 2.45) is 0 Å². The molecule has 1 aromatic rings. The van der Waals surface area contributed by atoms with Gasteiger partial charge in [0.05, 0.1) is 7.11 Å². The van der Waals surface area contributed by atoms with Crippen LogP contribution in [0.3, 0.4) is 0 Å². The van der Waals surface area contributed by atoms with Crippen molar-refractivity contribution in [2.75, 3.05) is 27.2 Å². The van der Waals surface area contributed by atoms with Crippen molar-refractivity contribution in [1.29, 1.82) is 0 Å². The van der Waals surface area contributed by atoms with E-state index in [0.717, 1.165) is 25.4 Å². The molecule has 3 nitrogen and oxygen atoms in total. The van der Waals surface area contributed by atoms with Gasteiger partial charge in [-0.1, -0.05) is 25.1 Å². The highest BCUT2D eigenvalue weighted by Crippen LogP contribution is 2.18. The molecule has 1 rings (SSSR count). The molecule has 0 heterocycles. The van der Waals surface area contributed by atoms with Gasteiger partial charge in [0.15, 0.2) is 0 Å². The van der Waals surface area contributed by atoms with Gasteiger partial charge in [-0.2, -0.15) is 0 Å². The number of rotatable bonds is 10. The van der Waals surface area contributed by atoms with Gasteiger partial charge in [-0.3, -0.25) is 0 Å². The summed E-state index contributed by atoms with van der Waals surface area (Å²) in [5.41, 5.74) is 1.26. The van der Waals surface area contributed by atoms with Crippen LogP contribution in [-0.4, -0.2) is 38.2 Å². The molecule has 0 bridgehead atoms. The minimum absolute atomic E-state index is 0.620. The van der Waals surface area contributed by atoms with Crippen LogP contribution in [0.1, 0.15) is 38.7 Å². The van der Waals surface area contributed by atoms with Gasteiger partial charge >= 0.3 is 0 Å². The van der Waals surface area contributed by atoms with Crippen LogP contribution in [0.25, 0.3) is 0 Å². The molecule has 1 N–H and O–H groups in total. The molecule has 0 aromatic heterocycles. The van der Waals surface area contributed by atoms with Crippen LogP contribution in [-0.2, 0) is 6.54 Å². The fraction of sp³-hybridized carbons (Fsp3) is 0.647. The van der Waals surface area contributed by atoms with Crippen LogP contribution in [0.2, 0.25) is 0 Å². The molecule has 0 saturated heterocycles. The monoisotopic (exact) mass is 278 g/mol. The predicted molar refractivity (Wildman–Crippen MR) is 86.3 cm³/mol. The van der Waals surface area contributed by atoms with Crippen molar-refractivity contribution < 1.29 is 4.74 Å². The van der Waals surface area contributed by atoms with Gasteiger partial charge in [-0.25, -0.2) is 0 Å². The lowest BCUT2D eigenvalue weighted by Crippen LogP contribution is -2.28. The third kappa shape index (κ3) is 6.40. The molecule has 0 aliphatic carbocycles. The minimum atomic E-state index is 0.620. The Morgan fingerprint density at radius 2 is 2.05 bits per heavy atom. The molecular formula is C17H30N2O. The molecule has 20 heavy (non-hydrogen) atoms. The van der Waals surface area contributed by atoms with Crippen molar-refractivity contribution in [3.05, 3.63) is 29.8 Å². The summed E-state index contributed by atoms with van der Waals surface area (Å²) in [6.45, 7) is 7.67. The smallest absolute Gasteiger partial charge is 0.123 e. The average molecular weight is 278 g/mol. The molecule has 0 spiro atoms. The Balaban J connectivity index is 2.28. The van der Waals surface area contributed by atoms with Gasteiger partial charge in [0.2, 0.25) is 0 Å². The molecule has 0 aliphatic rings. The van der Waals surface area contributed by atoms with Crippen molar-refractivity contribution in [2.45, 2.75) is 45.7 Å². The average Bonchev–Trinajstić information content (AvgIpc) is 2.45. The molecule has 1 atom stereocenters. The summed E-state index contributed by atoms with van der Waals surface area (Å²) in [4.78, 5) is 2.37. The van der Waals surface area contributed by atoms with E-state index in [1.54, 1.807) is 7.11 Å². The second-order valence-corrected chi connectivity index (χ2v) is 5.55. The van der Waals surface area contributed by atoms with Gasteiger partial charge in [0, 0.05) is 18.2 Å². The van der Waals surface area contributed by atoms with Crippen molar-refractivity contribution in [3.8, 4) is 5.75 Å². The van der Waals surface area contributed by atoms with Crippen LogP contribution >= 0.6 is 0 Å². The Morgan fingerprint density at radius 1 is 1.30 bits per heavy atom. The van der Waals surface area contributed by atoms with Gasteiger partial charge in [0.1, 0.15) is 5.75 Å².